The van der Waals surface area contributed by atoms with Crippen molar-refractivity contribution >= 4 is 33.3 Å². The topological polar surface area (TPSA) is 130 Å². The summed E-state index contributed by atoms with van der Waals surface area (Å²) in [5.41, 5.74) is 1.48. The van der Waals surface area contributed by atoms with Crippen LogP contribution in [0.25, 0.3) is 0 Å². The fourth-order valence-electron chi connectivity index (χ4n) is 2.56. The third-order valence-electron chi connectivity index (χ3n) is 3.83. The molecule has 0 saturated heterocycles. The fourth-order valence-corrected chi connectivity index (χ4v) is 3.20. The molecule has 0 heterocycles. The Morgan fingerprint density at radius 2 is 1.61 bits per heavy atom. The molecule has 0 bridgehead atoms. The lowest BCUT2D eigenvalue weighted by molar-refractivity contribution is -0.118. The molecule has 0 fully saturated rings. The minimum atomic E-state index is -3.68. The van der Waals surface area contributed by atoms with Crippen LogP contribution < -0.4 is 21.1 Å². The predicted octanol–water partition coefficient (Wildman–Crippen LogP) is 2.26. The summed E-state index contributed by atoms with van der Waals surface area (Å²) in [5, 5.41) is 13.1. The number of hydrogen-bond donors (Lipinski definition) is 4. The van der Waals surface area contributed by atoms with Crippen molar-refractivity contribution in [3.63, 3.8) is 0 Å². The molecule has 0 aromatic heterocycles. The first-order valence-electron chi connectivity index (χ1n) is 8.67. The van der Waals surface area contributed by atoms with Crippen LogP contribution in [0.3, 0.4) is 0 Å². The van der Waals surface area contributed by atoms with E-state index in [2.05, 4.69) is 16.0 Å². The zero-order chi connectivity index (χ0) is 20.7. The number of para-hydroxylation sites is 1. The number of sulfonamides is 1. The molecule has 0 aliphatic carbocycles. The maximum atomic E-state index is 12.6. The number of rotatable bonds is 7. The van der Waals surface area contributed by atoms with Crippen molar-refractivity contribution in [1.82, 2.24) is 5.32 Å². The summed E-state index contributed by atoms with van der Waals surface area (Å²) in [6.07, 6.45) is 0. The largest absolute Gasteiger partial charge is 0.326 e. The molecule has 0 aliphatic heterocycles. The van der Waals surface area contributed by atoms with Gasteiger partial charge in [0, 0.05) is 11.4 Å². The average Bonchev–Trinajstić information content (AvgIpc) is 2.59. The van der Waals surface area contributed by atoms with E-state index in [1.807, 2.05) is 19.9 Å². The SMILES string of the molecule is CC(C)C(NC(=O)Nc1ccccc1)C(=O)Nc1cccc(CS(N)(=O)=O)c1. The Morgan fingerprint density at radius 1 is 0.964 bits per heavy atom. The summed E-state index contributed by atoms with van der Waals surface area (Å²) < 4.78 is 22.5. The van der Waals surface area contributed by atoms with E-state index in [-0.39, 0.29) is 11.7 Å². The van der Waals surface area contributed by atoms with Gasteiger partial charge in [0.15, 0.2) is 0 Å². The second kappa shape index (κ2) is 9.34. The van der Waals surface area contributed by atoms with Gasteiger partial charge in [0.25, 0.3) is 0 Å². The maximum Gasteiger partial charge on any atom is 0.319 e. The fraction of sp³-hybridized carbons (Fsp3) is 0.263. The molecule has 1 atom stereocenters. The third-order valence-corrected chi connectivity index (χ3v) is 4.57. The molecule has 3 amide bonds. The highest BCUT2D eigenvalue weighted by atomic mass is 32.2. The first-order chi connectivity index (χ1) is 13.1. The second-order valence-electron chi connectivity index (χ2n) is 6.68. The van der Waals surface area contributed by atoms with E-state index < -0.39 is 28.0 Å². The number of primary sulfonamides is 1. The molecular formula is C19H24N4O4S. The van der Waals surface area contributed by atoms with Gasteiger partial charge >= 0.3 is 6.03 Å². The lowest BCUT2D eigenvalue weighted by Gasteiger charge is -2.22. The highest BCUT2D eigenvalue weighted by Crippen LogP contribution is 2.14. The molecule has 2 aromatic carbocycles. The smallest absolute Gasteiger partial charge is 0.319 e. The number of carbonyl (C=O) groups is 2. The van der Waals surface area contributed by atoms with Gasteiger partial charge in [0.05, 0.1) is 5.75 Å². The highest BCUT2D eigenvalue weighted by molar-refractivity contribution is 7.88. The van der Waals surface area contributed by atoms with Crippen LogP contribution in [0.4, 0.5) is 16.2 Å². The van der Waals surface area contributed by atoms with Crippen LogP contribution in [0.5, 0.6) is 0 Å². The van der Waals surface area contributed by atoms with Crippen LogP contribution in [-0.2, 0) is 20.6 Å². The van der Waals surface area contributed by atoms with Gasteiger partial charge in [-0.3, -0.25) is 4.79 Å². The molecule has 0 radical (unpaired) electrons. The Kier molecular flexibility index (Phi) is 7.13. The van der Waals surface area contributed by atoms with Crippen LogP contribution in [0, 0.1) is 5.92 Å². The third kappa shape index (κ3) is 7.01. The van der Waals surface area contributed by atoms with E-state index >= 15 is 0 Å². The Morgan fingerprint density at radius 3 is 2.21 bits per heavy atom. The first kappa shape index (κ1) is 21.4. The van der Waals surface area contributed by atoms with Gasteiger partial charge in [-0.2, -0.15) is 0 Å². The summed E-state index contributed by atoms with van der Waals surface area (Å²) in [7, 11) is -3.68. The van der Waals surface area contributed by atoms with Crippen LogP contribution in [0.2, 0.25) is 0 Å². The molecule has 9 heteroatoms. The zero-order valence-corrected chi connectivity index (χ0v) is 16.5. The van der Waals surface area contributed by atoms with Gasteiger partial charge in [0.2, 0.25) is 15.9 Å². The van der Waals surface area contributed by atoms with Crippen LogP contribution >= 0.6 is 0 Å². The summed E-state index contributed by atoms with van der Waals surface area (Å²) in [6, 6.07) is 14.0. The number of nitrogens with one attached hydrogen (secondary N) is 3. The zero-order valence-electron chi connectivity index (χ0n) is 15.7. The molecule has 1 unspecified atom stereocenters. The minimum absolute atomic E-state index is 0.172. The van der Waals surface area contributed by atoms with Crippen molar-refractivity contribution in [3.05, 3.63) is 60.2 Å². The van der Waals surface area contributed by atoms with Crippen molar-refractivity contribution in [2.45, 2.75) is 25.6 Å². The van der Waals surface area contributed by atoms with Crippen molar-refractivity contribution in [3.8, 4) is 0 Å². The van der Waals surface area contributed by atoms with Crippen molar-refractivity contribution < 1.29 is 18.0 Å². The van der Waals surface area contributed by atoms with Crippen molar-refractivity contribution in [2.75, 3.05) is 10.6 Å². The van der Waals surface area contributed by atoms with Crippen LogP contribution in [0.1, 0.15) is 19.4 Å². The average molecular weight is 404 g/mol. The number of anilines is 2. The van der Waals surface area contributed by atoms with E-state index in [4.69, 9.17) is 5.14 Å². The first-order valence-corrected chi connectivity index (χ1v) is 10.4. The quantitative estimate of drug-likeness (QED) is 0.564. The van der Waals surface area contributed by atoms with Crippen LogP contribution in [-0.4, -0.2) is 26.4 Å². The number of nitrogens with two attached hydrogens (primary N) is 1. The molecule has 28 heavy (non-hydrogen) atoms. The van der Waals surface area contributed by atoms with E-state index in [9.17, 15) is 18.0 Å². The van der Waals surface area contributed by atoms with Gasteiger partial charge in [-0.15, -0.1) is 0 Å². The number of urea groups is 1. The highest BCUT2D eigenvalue weighted by Gasteiger charge is 2.24. The second-order valence-corrected chi connectivity index (χ2v) is 8.30. The molecule has 150 valence electrons. The van der Waals surface area contributed by atoms with Gasteiger partial charge < -0.3 is 16.0 Å². The summed E-state index contributed by atoms with van der Waals surface area (Å²) in [6.45, 7) is 3.62. The molecule has 0 spiro atoms. The molecule has 2 aromatic rings. The molecular weight excluding hydrogens is 380 g/mol. The standard InChI is InChI=1S/C19H24N4O4S/c1-13(2)17(23-19(25)22-15-8-4-3-5-9-15)18(24)21-16-10-6-7-14(11-16)12-28(20,26)27/h3-11,13,17H,12H2,1-2H3,(H,21,24)(H2,20,26,27)(H2,22,23,25). The Balaban J connectivity index is 2.04. The van der Waals surface area contributed by atoms with E-state index in [1.165, 1.54) is 6.07 Å². The van der Waals surface area contributed by atoms with E-state index in [1.54, 1.807) is 42.5 Å². The van der Waals surface area contributed by atoms with E-state index in [0.29, 0.717) is 16.9 Å². The van der Waals surface area contributed by atoms with Crippen molar-refractivity contribution in [2.24, 2.45) is 11.1 Å². The van der Waals surface area contributed by atoms with Gasteiger partial charge in [-0.05, 0) is 35.7 Å². The number of amides is 3. The van der Waals surface area contributed by atoms with E-state index in [0.717, 1.165) is 0 Å². The minimum Gasteiger partial charge on any atom is -0.326 e. The Labute approximate surface area is 164 Å². The summed E-state index contributed by atoms with van der Waals surface area (Å²) >= 11 is 0. The lowest BCUT2D eigenvalue weighted by atomic mass is 10.0. The maximum absolute atomic E-state index is 12.6. The van der Waals surface area contributed by atoms with Gasteiger partial charge in [-0.25, -0.2) is 18.4 Å². The predicted molar refractivity (Wildman–Crippen MR) is 109 cm³/mol. The molecule has 5 N–H and O–H groups in total. The molecule has 0 aliphatic rings. The number of carbonyl (C=O) groups excluding carboxylic acids is 2. The monoisotopic (exact) mass is 404 g/mol. The van der Waals surface area contributed by atoms with Gasteiger partial charge in [-0.1, -0.05) is 44.2 Å². The number of hydrogen-bond acceptors (Lipinski definition) is 4. The van der Waals surface area contributed by atoms with Gasteiger partial charge in [0.1, 0.15) is 6.04 Å². The van der Waals surface area contributed by atoms with Crippen LogP contribution in [0.15, 0.2) is 54.6 Å². The molecule has 8 nitrogen and oxygen atoms in total. The van der Waals surface area contributed by atoms with Crippen molar-refractivity contribution in [1.29, 1.82) is 0 Å². The Bertz CT molecular complexity index is 930. The lowest BCUT2D eigenvalue weighted by Crippen LogP contribution is -2.48. The summed E-state index contributed by atoms with van der Waals surface area (Å²) in [5.74, 6) is -0.915. The Hall–Kier alpha value is -2.91. The molecule has 0 saturated carbocycles. The summed E-state index contributed by atoms with van der Waals surface area (Å²) in [4.78, 5) is 24.9. The normalized spacial score (nSPS) is 12.3. The number of benzene rings is 2. The molecule has 2 rings (SSSR count).